The number of carbonyl (C=O) groups excluding carboxylic acids is 2. The van der Waals surface area contributed by atoms with Crippen molar-refractivity contribution in [1.82, 2.24) is 4.72 Å². The Morgan fingerprint density at radius 2 is 1.73 bits per heavy atom. The average molecular weight is 380 g/mol. The number of esters is 1. The van der Waals surface area contributed by atoms with Crippen LogP contribution in [0.2, 0.25) is 0 Å². The first-order valence-electron chi connectivity index (χ1n) is 7.54. The van der Waals surface area contributed by atoms with Gasteiger partial charge < -0.3 is 10.1 Å². The Kier molecular flexibility index (Phi) is 6.42. The molecular formula is C17H17FN2O5S. The number of rotatable bonds is 7. The standard InChI is InChI=1S/C17H17FN2O5S/c1-12-6-8-13(9-7-12)20-16(21)11-25-17(22)10-19-26(23,24)15-5-3-2-4-14(15)18/h2-9,19H,10-11H2,1H3,(H,20,21). The molecule has 0 bridgehead atoms. The Balaban J connectivity index is 1.80. The summed E-state index contributed by atoms with van der Waals surface area (Å²) in [6.07, 6.45) is 0. The van der Waals surface area contributed by atoms with Crippen molar-refractivity contribution in [3.05, 3.63) is 59.9 Å². The van der Waals surface area contributed by atoms with Gasteiger partial charge in [-0.25, -0.2) is 12.8 Å². The van der Waals surface area contributed by atoms with Crippen LogP contribution in [0, 0.1) is 12.7 Å². The number of carbonyl (C=O) groups is 2. The first-order valence-corrected chi connectivity index (χ1v) is 9.02. The second-order valence-corrected chi connectivity index (χ2v) is 7.07. The van der Waals surface area contributed by atoms with Crippen LogP contribution in [-0.2, 0) is 24.3 Å². The highest BCUT2D eigenvalue weighted by molar-refractivity contribution is 7.89. The number of amides is 1. The number of halogens is 1. The smallest absolute Gasteiger partial charge is 0.321 e. The fourth-order valence-corrected chi connectivity index (χ4v) is 2.97. The monoisotopic (exact) mass is 380 g/mol. The summed E-state index contributed by atoms with van der Waals surface area (Å²) in [7, 11) is -4.20. The minimum absolute atomic E-state index is 0.539. The lowest BCUT2D eigenvalue weighted by Crippen LogP contribution is -2.32. The predicted molar refractivity (Wildman–Crippen MR) is 92.4 cm³/mol. The van der Waals surface area contributed by atoms with Crippen molar-refractivity contribution in [2.24, 2.45) is 0 Å². The summed E-state index contributed by atoms with van der Waals surface area (Å²) in [4.78, 5) is 22.7. The van der Waals surface area contributed by atoms with Crippen LogP contribution in [0.3, 0.4) is 0 Å². The van der Waals surface area contributed by atoms with Gasteiger partial charge in [-0.05, 0) is 31.2 Å². The molecule has 26 heavy (non-hydrogen) atoms. The number of aryl methyl sites for hydroxylation is 1. The summed E-state index contributed by atoms with van der Waals surface area (Å²) >= 11 is 0. The maximum atomic E-state index is 13.5. The topological polar surface area (TPSA) is 102 Å². The quantitative estimate of drug-likeness (QED) is 0.711. The molecule has 9 heteroatoms. The van der Waals surface area contributed by atoms with Crippen molar-refractivity contribution in [3.8, 4) is 0 Å². The number of anilines is 1. The zero-order valence-corrected chi connectivity index (χ0v) is 14.7. The lowest BCUT2D eigenvalue weighted by atomic mass is 10.2. The lowest BCUT2D eigenvalue weighted by Gasteiger charge is -2.09. The molecular weight excluding hydrogens is 363 g/mol. The summed E-state index contributed by atoms with van der Waals surface area (Å²) in [5, 5.41) is 2.53. The molecule has 0 saturated heterocycles. The van der Waals surface area contributed by atoms with Gasteiger partial charge in [0.05, 0.1) is 0 Å². The number of nitrogens with one attached hydrogen (secondary N) is 2. The van der Waals surface area contributed by atoms with Crippen molar-refractivity contribution in [2.45, 2.75) is 11.8 Å². The minimum atomic E-state index is -4.20. The normalized spacial score (nSPS) is 11.0. The van der Waals surface area contributed by atoms with E-state index in [1.54, 1.807) is 24.3 Å². The Bertz CT molecular complexity index is 898. The van der Waals surface area contributed by atoms with Crippen molar-refractivity contribution in [1.29, 1.82) is 0 Å². The predicted octanol–water partition coefficient (Wildman–Crippen LogP) is 1.59. The SMILES string of the molecule is Cc1ccc(NC(=O)COC(=O)CNS(=O)(=O)c2ccccc2F)cc1. The maximum Gasteiger partial charge on any atom is 0.321 e. The highest BCUT2D eigenvalue weighted by Crippen LogP contribution is 2.12. The summed E-state index contributed by atoms with van der Waals surface area (Å²) in [5.41, 5.74) is 1.56. The molecule has 2 N–H and O–H groups in total. The molecule has 2 aromatic rings. The third kappa shape index (κ3) is 5.64. The van der Waals surface area contributed by atoms with Gasteiger partial charge in [0.2, 0.25) is 10.0 Å². The molecule has 0 atom stereocenters. The van der Waals surface area contributed by atoms with Gasteiger partial charge >= 0.3 is 5.97 Å². The van der Waals surface area contributed by atoms with E-state index < -0.39 is 45.8 Å². The van der Waals surface area contributed by atoms with Crippen LogP contribution in [-0.4, -0.2) is 33.4 Å². The molecule has 0 saturated carbocycles. The van der Waals surface area contributed by atoms with Crippen LogP contribution in [0.4, 0.5) is 10.1 Å². The Labute approximate surface area is 150 Å². The van der Waals surface area contributed by atoms with Gasteiger partial charge in [-0.3, -0.25) is 9.59 Å². The van der Waals surface area contributed by atoms with Gasteiger partial charge in [-0.15, -0.1) is 0 Å². The van der Waals surface area contributed by atoms with E-state index in [9.17, 15) is 22.4 Å². The third-order valence-electron chi connectivity index (χ3n) is 3.23. The average Bonchev–Trinajstić information content (AvgIpc) is 2.60. The van der Waals surface area contributed by atoms with Crippen molar-refractivity contribution < 1.29 is 27.1 Å². The van der Waals surface area contributed by atoms with Gasteiger partial charge in [0.1, 0.15) is 17.3 Å². The molecule has 0 aliphatic rings. The second-order valence-electron chi connectivity index (χ2n) is 5.33. The maximum absolute atomic E-state index is 13.5. The van der Waals surface area contributed by atoms with Gasteiger partial charge in [0.15, 0.2) is 6.61 Å². The third-order valence-corrected chi connectivity index (χ3v) is 4.67. The Morgan fingerprint density at radius 1 is 1.08 bits per heavy atom. The number of sulfonamides is 1. The van der Waals surface area contributed by atoms with E-state index in [1.165, 1.54) is 12.1 Å². The largest absolute Gasteiger partial charge is 0.455 e. The molecule has 0 fully saturated rings. The number of hydrogen-bond acceptors (Lipinski definition) is 5. The molecule has 0 unspecified atom stereocenters. The van der Waals surface area contributed by atoms with Crippen LogP contribution in [0.25, 0.3) is 0 Å². The van der Waals surface area contributed by atoms with Crippen molar-refractivity contribution >= 4 is 27.6 Å². The number of benzene rings is 2. The molecule has 7 nitrogen and oxygen atoms in total. The molecule has 138 valence electrons. The van der Waals surface area contributed by atoms with Gasteiger partial charge in [0, 0.05) is 5.69 Å². The van der Waals surface area contributed by atoms with E-state index in [4.69, 9.17) is 0 Å². The van der Waals surface area contributed by atoms with Crippen LogP contribution < -0.4 is 10.0 Å². The van der Waals surface area contributed by atoms with E-state index in [2.05, 4.69) is 10.1 Å². The molecule has 0 radical (unpaired) electrons. The zero-order chi connectivity index (χ0) is 19.2. The van der Waals surface area contributed by atoms with E-state index in [0.717, 1.165) is 17.7 Å². The lowest BCUT2D eigenvalue weighted by molar-refractivity contribution is -0.146. The summed E-state index contributed by atoms with van der Waals surface area (Å²) in [5.74, 6) is -2.48. The molecule has 1 amide bonds. The number of ether oxygens (including phenoxy) is 1. The van der Waals surface area contributed by atoms with Gasteiger partial charge in [-0.2, -0.15) is 4.72 Å². The number of hydrogen-bond donors (Lipinski definition) is 2. The molecule has 0 aliphatic heterocycles. The highest BCUT2D eigenvalue weighted by Gasteiger charge is 2.20. The summed E-state index contributed by atoms with van der Waals surface area (Å²) in [6, 6.07) is 11.7. The first-order chi connectivity index (χ1) is 12.3. The molecule has 2 aromatic carbocycles. The van der Waals surface area contributed by atoms with Gasteiger partial charge in [-0.1, -0.05) is 29.8 Å². The highest BCUT2D eigenvalue weighted by atomic mass is 32.2. The molecule has 0 aliphatic carbocycles. The van der Waals surface area contributed by atoms with Crippen LogP contribution in [0.1, 0.15) is 5.56 Å². The molecule has 0 heterocycles. The van der Waals surface area contributed by atoms with E-state index in [1.807, 2.05) is 11.6 Å². The second kappa shape index (κ2) is 8.54. The molecule has 2 rings (SSSR count). The van der Waals surface area contributed by atoms with E-state index in [0.29, 0.717) is 5.69 Å². The molecule has 0 aromatic heterocycles. The first kappa shape index (κ1) is 19.5. The summed E-state index contributed by atoms with van der Waals surface area (Å²) in [6.45, 7) is 0.596. The van der Waals surface area contributed by atoms with Crippen LogP contribution >= 0.6 is 0 Å². The van der Waals surface area contributed by atoms with Crippen molar-refractivity contribution in [2.75, 3.05) is 18.5 Å². The van der Waals surface area contributed by atoms with E-state index in [-0.39, 0.29) is 0 Å². The fraction of sp³-hybridized carbons (Fsp3) is 0.176. The summed E-state index contributed by atoms with van der Waals surface area (Å²) < 4.78 is 44.0. The van der Waals surface area contributed by atoms with Gasteiger partial charge in [0.25, 0.3) is 5.91 Å². The van der Waals surface area contributed by atoms with Crippen LogP contribution in [0.5, 0.6) is 0 Å². The minimum Gasteiger partial charge on any atom is -0.455 e. The van der Waals surface area contributed by atoms with Crippen LogP contribution in [0.15, 0.2) is 53.4 Å². The molecule has 0 spiro atoms. The Hall–Kier alpha value is -2.78. The fourth-order valence-electron chi connectivity index (χ4n) is 1.93. The Morgan fingerprint density at radius 3 is 2.38 bits per heavy atom. The zero-order valence-electron chi connectivity index (χ0n) is 13.9. The van der Waals surface area contributed by atoms with Crippen molar-refractivity contribution in [3.63, 3.8) is 0 Å². The van der Waals surface area contributed by atoms with E-state index >= 15 is 0 Å².